The lowest BCUT2D eigenvalue weighted by molar-refractivity contribution is -0.121. The van der Waals surface area contributed by atoms with Crippen LogP contribution in [0.3, 0.4) is 0 Å². The fourth-order valence-corrected chi connectivity index (χ4v) is 1.95. The zero-order valence-electron chi connectivity index (χ0n) is 11.6. The molecule has 2 rings (SSSR count). The molecule has 0 spiro atoms. The van der Waals surface area contributed by atoms with Crippen molar-refractivity contribution >= 4 is 12.0 Å². The second-order valence-corrected chi connectivity index (χ2v) is 4.87. The highest BCUT2D eigenvalue weighted by Gasteiger charge is 2.25. The number of alkyl carbamates (subject to hydrolysis) is 1. The average molecular weight is 276 g/mol. The van der Waals surface area contributed by atoms with Gasteiger partial charge in [0.1, 0.15) is 0 Å². The Bertz CT molecular complexity index is 457. The van der Waals surface area contributed by atoms with E-state index < -0.39 is 6.09 Å². The zero-order valence-corrected chi connectivity index (χ0v) is 11.6. The highest BCUT2D eigenvalue weighted by atomic mass is 16.5. The Balaban J connectivity index is 1.98. The van der Waals surface area contributed by atoms with Crippen LogP contribution in [0.15, 0.2) is 30.3 Å². The van der Waals surface area contributed by atoms with E-state index in [1.54, 1.807) is 6.92 Å². The van der Waals surface area contributed by atoms with Gasteiger partial charge in [-0.05, 0) is 25.3 Å². The number of hydrogen-bond donors (Lipinski definition) is 2. The van der Waals surface area contributed by atoms with Crippen molar-refractivity contribution < 1.29 is 14.3 Å². The fraction of sp³-hybridized carbons (Fsp3) is 0.467. The van der Waals surface area contributed by atoms with Crippen molar-refractivity contribution in [2.45, 2.75) is 38.3 Å². The molecule has 0 heterocycles. The Labute approximate surface area is 118 Å². The Morgan fingerprint density at radius 1 is 1.30 bits per heavy atom. The van der Waals surface area contributed by atoms with Crippen LogP contribution in [0, 0.1) is 0 Å². The van der Waals surface area contributed by atoms with Crippen LogP contribution >= 0.6 is 0 Å². The second-order valence-electron chi connectivity index (χ2n) is 4.87. The molecule has 0 aromatic heterocycles. The van der Waals surface area contributed by atoms with Gasteiger partial charge in [-0.3, -0.25) is 4.79 Å². The van der Waals surface area contributed by atoms with Crippen molar-refractivity contribution in [3.63, 3.8) is 0 Å². The lowest BCUT2D eigenvalue weighted by Gasteiger charge is -2.18. The van der Waals surface area contributed by atoms with Gasteiger partial charge < -0.3 is 15.4 Å². The molecule has 1 aromatic carbocycles. The maximum atomic E-state index is 11.9. The zero-order chi connectivity index (χ0) is 14.4. The smallest absolute Gasteiger partial charge is 0.407 e. The van der Waals surface area contributed by atoms with E-state index in [2.05, 4.69) is 10.6 Å². The van der Waals surface area contributed by atoms with Crippen LogP contribution in [0.5, 0.6) is 0 Å². The molecule has 0 radical (unpaired) electrons. The maximum Gasteiger partial charge on any atom is 0.407 e. The fourth-order valence-electron chi connectivity index (χ4n) is 1.95. The molecule has 1 unspecified atom stereocenters. The summed E-state index contributed by atoms with van der Waals surface area (Å²) in [4.78, 5) is 23.5. The minimum absolute atomic E-state index is 0.0434. The third kappa shape index (κ3) is 4.57. The van der Waals surface area contributed by atoms with Gasteiger partial charge in [-0.25, -0.2) is 4.79 Å². The van der Waals surface area contributed by atoms with E-state index in [0.717, 1.165) is 18.4 Å². The average Bonchev–Trinajstić information content (AvgIpc) is 3.23. The predicted octanol–water partition coefficient (Wildman–Crippen LogP) is 2.14. The van der Waals surface area contributed by atoms with E-state index in [1.165, 1.54) is 0 Å². The minimum atomic E-state index is -0.499. The highest BCUT2D eigenvalue weighted by molar-refractivity contribution is 5.78. The Morgan fingerprint density at radius 2 is 2.00 bits per heavy atom. The SMILES string of the molecule is CCOC(=O)NC(CC(=O)NC1CC1)c1ccccc1. The molecule has 0 saturated heterocycles. The molecule has 1 aliphatic rings. The lowest BCUT2D eigenvalue weighted by Crippen LogP contribution is -2.34. The van der Waals surface area contributed by atoms with E-state index in [9.17, 15) is 9.59 Å². The summed E-state index contributed by atoms with van der Waals surface area (Å²) in [5, 5.41) is 5.67. The lowest BCUT2D eigenvalue weighted by atomic mass is 10.0. The topological polar surface area (TPSA) is 67.4 Å². The number of benzene rings is 1. The van der Waals surface area contributed by atoms with Crippen molar-refractivity contribution in [2.75, 3.05) is 6.61 Å². The molecule has 0 aliphatic heterocycles. The van der Waals surface area contributed by atoms with Crippen molar-refractivity contribution in [1.82, 2.24) is 10.6 Å². The summed E-state index contributed by atoms with van der Waals surface area (Å²) in [6, 6.07) is 9.40. The molecule has 2 N–H and O–H groups in total. The van der Waals surface area contributed by atoms with Crippen LogP contribution in [-0.2, 0) is 9.53 Å². The summed E-state index contributed by atoms with van der Waals surface area (Å²) in [6.07, 6.45) is 1.82. The molecule has 5 heteroatoms. The van der Waals surface area contributed by atoms with Crippen molar-refractivity contribution in [3.05, 3.63) is 35.9 Å². The van der Waals surface area contributed by atoms with Gasteiger partial charge >= 0.3 is 6.09 Å². The quantitative estimate of drug-likeness (QED) is 0.836. The van der Waals surface area contributed by atoms with Crippen molar-refractivity contribution in [1.29, 1.82) is 0 Å². The summed E-state index contributed by atoms with van der Waals surface area (Å²) >= 11 is 0. The van der Waals surface area contributed by atoms with Gasteiger partial charge in [0, 0.05) is 6.04 Å². The van der Waals surface area contributed by atoms with Crippen molar-refractivity contribution in [3.8, 4) is 0 Å². The Hall–Kier alpha value is -2.04. The van der Waals surface area contributed by atoms with Gasteiger partial charge in [-0.1, -0.05) is 30.3 Å². The molecule has 5 nitrogen and oxygen atoms in total. The molecule has 1 aromatic rings. The summed E-state index contributed by atoms with van der Waals surface area (Å²) in [6.45, 7) is 2.05. The number of hydrogen-bond acceptors (Lipinski definition) is 3. The molecule has 0 bridgehead atoms. The van der Waals surface area contributed by atoms with Crippen LogP contribution in [0.2, 0.25) is 0 Å². The first-order valence-corrected chi connectivity index (χ1v) is 6.96. The van der Waals surface area contributed by atoms with Gasteiger partial charge in [-0.15, -0.1) is 0 Å². The van der Waals surface area contributed by atoms with E-state index in [1.807, 2.05) is 30.3 Å². The van der Waals surface area contributed by atoms with Crippen LogP contribution in [0.4, 0.5) is 4.79 Å². The first kappa shape index (κ1) is 14.4. The second kappa shape index (κ2) is 6.93. The summed E-state index contributed by atoms with van der Waals surface area (Å²) in [5.41, 5.74) is 0.895. The number of nitrogens with one attached hydrogen (secondary N) is 2. The Morgan fingerprint density at radius 3 is 2.60 bits per heavy atom. The highest BCUT2D eigenvalue weighted by Crippen LogP contribution is 2.21. The number of carbonyl (C=O) groups is 2. The van der Waals surface area contributed by atoms with Gasteiger partial charge in [0.25, 0.3) is 0 Å². The molecule has 20 heavy (non-hydrogen) atoms. The van der Waals surface area contributed by atoms with Crippen LogP contribution in [0.1, 0.15) is 37.8 Å². The number of amides is 2. The molecule has 2 amide bonds. The largest absolute Gasteiger partial charge is 0.450 e. The molecular formula is C15H20N2O3. The molecular weight excluding hydrogens is 256 g/mol. The summed E-state index contributed by atoms with van der Waals surface area (Å²) in [5.74, 6) is -0.0434. The molecule has 108 valence electrons. The van der Waals surface area contributed by atoms with Gasteiger partial charge in [0.15, 0.2) is 0 Å². The third-order valence-electron chi connectivity index (χ3n) is 3.10. The normalized spacial score (nSPS) is 15.2. The number of rotatable bonds is 6. The van der Waals surface area contributed by atoms with Gasteiger partial charge in [0.05, 0.1) is 19.1 Å². The molecule has 1 aliphatic carbocycles. The molecule has 1 fully saturated rings. The van der Waals surface area contributed by atoms with Gasteiger partial charge in [0.2, 0.25) is 5.91 Å². The maximum absolute atomic E-state index is 11.9. The van der Waals surface area contributed by atoms with E-state index in [4.69, 9.17) is 4.74 Å². The first-order valence-electron chi connectivity index (χ1n) is 6.96. The predicted molar refractivity (Wildman–Crippen MR) is 75.1 cm³/mol. The monoisotopic (exact) mass is 276 g/mol. The Kier molecular flexibility index (Phi) is 4.98. The van der Waals surface area contributed by atoms with Crippen molar-refractivity contribution in [2.24, 2.45) is 0 Å². The number of carbonyl (C=O) groups excluding carboxylic acids is 2. The minimum Gasteiger partial charge on any atom is -0.450 e. The van der Waals surface area contributed by atoms with E-state index >= 15 is 0 Å². The van der Waals surface area contributed by atoms with E-state index in [-0.39, 0.29) is 18.4 Å². The van der Waals surface area contributed by atoms with Crippen LogP contribution < -0.4 is 10.6 Å². The van der Waals surface area contributed by atoms with Crippen LogP contribution in [-0.4, -0.2) is 24.6 Å². The third-order valence-corrected chi connectivity index (χ3v) is 3.10. The molecule has 1 saturated carbocycles. The van der Waals surface area contributed by atoms with Crippen LogP contribution in [0.25, 0.3) is 0 Å². The van der Waals surface area contributed by atoms with Gasteiger partial charge in [-0.2, -0.15) is 0 Å². The summed E-state index contributed by atoms with van der Waals surface area (Å²) in [7, 11) is 0. The summed E-state index contributed by atoms with van der Waals surface area (Å²) < 4.78 is 4.89. The number of ether oxygens (including phenoxy) is 1. The van der Waals surface area contributed by atoms with E-state index in [0.29, 0.717) is 12.6 Å². The molecule has 1 atom stereocenters. The standard InChI is InChI=1S/C15H20N2O3/c1-2-20-15(19)17-13(11-6-4-3-5-7-11)10-14(18)16-12-8-9-12/h3-7,12-13H,2,8-10H2,1H3,(H,16,18)(H,17,19). The first-order chi connectivity index (χ1) is 9.69.